The third-order valence-corrected chi connectivity index (χ3v) is 20.2. The van der Waals surface area contributed by atoms with Crippen molar-refractivity contribution < 1.29 is 80.2 Å². The predicted molar refractivity (Wildman–Crippen MR) is 386 cm³/mol. The summed E-state index contributed by atoms with van der Waals surface area (Å²) in [5, 5.41) is 10.6. The van der Waals surface area contributed by atoms with Gasteiger partial charge in [-0.2, -0.15) is 0 Å². The Morgan fingerprint density at radius 3 is 0.747 bits per heavy atom. The number of aliphatic hydroxyl groups is 1. The molecule has 0 aromatic heterocycles. The van der Waals surface area contributed by atoms with E-state index in [9.17, 15) is 43.2 Å². The van der Waals surface area contributed by atoms with Crippen molar-refractivity contribution in [3.63, 3.8) is 0 Å². The topological polar surface area (TPSA) is 237 Å². The Balaban J connectivity index is 5.15. The number of rotatable bonds is 73. The molecule has 17 nitrogen and oxygen atoms in total. The minimum atomic E-state index is -4.96. The standard InChI is InChI=1S/C76H148O17P2/c1-9-68(7)54-46-38-29-25-21-17-15-13-11-12-14-16-18-22-26-30-42-50-58-75(80)92-71(62-86-73(78)56-48-40-34-32-37-45-53-67(5)6)64-90-94(82,83)88-60-70(77)61-89-95(84,85)91-65-72(63-87-74(79)57-49-41-35-33-39-47-55-69(8)10-2)93-76(81)59-51-43-31-27-23-19-20-24-28-36-44-52-66(3)4/h66-72,77H,9-65H2,1-8H3,(H,82,83)(H,84,85)/t68?,69?,70-,71+,72+/m0/s1. The highest BCUT2D eigenvalue weighted by Crippen LogP contribution is 2.45. The van der Waals surface area contributed by atoms with Crippen LogP contribution in [0.2, 0.25) is 0 Å². The zero-order chi connectivity index (χ0) is 70.3. The maximum absolute atomic E-state index is 13.1. The van der Waals surface area contributed by atoms with Crippen LogP contribution in [0.5, 0.6) is 0 Å². The van der Waals surface area contributed by atoms with Gasteiger partial charge in [0.15, 0.2) is 12.2 Å². The Hall–Kier alpha value is -1.94. The van der Waals surface area contributed by atoms with Gasteiger partial charge in [-0.3, -0.25) is 37.3 Å². The number of esters is 4. The first-order valence-corrected chi connectivity index (χ1v) is 42.3. The van der Waals surface area contributed by atoms with Crippen LogP contribution in [0.4, 0.5) is 0 Å². The van der Waals surface area contributed by atoms with Gasteiger partial charge in [0.1, 0.15) is 19.3 Å². The molecule has 3 N–H and O–H groups in total. The summed E-state index contributed by atoms with van der Waals surface area (Å²) in [6.45, 7) is 14.1. The van der Waals surface area contributed by atoms with Crippen LogP contribution in [-0.2, 0) is 65.4 Å². The van der Waals surface area contributed by atoms with Crippen LogP contribution in [-0.4, -0.2) is 96.7 Å². The zero-order valence-corrected chi connectivity index (χ0v) is 64.1. The van der Waals surface area contributed by atoms with Gasteiger partial charge in [0.2, 0.25) is 0 Å². The molecule has 19 heteroatoms. The van der Waals surface area contributed by atoms with Crippen molar-refractivity contribution >= 4 is 39.5 Å². The molecule has 0 saturated heterocycles. The van der Waals surface area contributed by atoms with Gasteiger partial charge in [-0.05, 0) is 49.4 Å². The van der Waals surface area contributed by atoms with Crippen LogP contribution in [0.15, 0.2) is 0 Å². The lowest BCUT2D eigenvalue weighted by molar-refractivity contribution is -0.161. The summed E-state index contributed by atoms with van der Waals surface area (Å²) < 4.78 is 68.4. The number of phosphoric ester groups is 2. The van der Waals surface area contributed by atoms with Crippen LogP contribution < -0.4 is 0 Å². The van der Waals surface area contributed by atoms with Gasteiger partial charge in [-0.15, -0.1) is 0 Å². The minimum Gasteiger partial charge on any atom is -0.462 e. The highest BCUT2D eigenvalue weighted by Gasteiger charge is 2.30. The molecular weight excluding hydrogens is 1250 g/mol. The highest BCUT2D eigenvalue weighted by molar-refractivity contribution is 7.47. The zero-order valence-electron chi connectivity index (χ0n) is 62.3. The van der Waals surface area contributed by atoms with Crippen LogP contribution in [0.3, 0.4) is 0 Å². The predicted octanol–water partition coefficient (Wildman–Crippen LogP) is 22.0. The normalized spacial score (nSPS) is 14.7. The number of phosphoric acid groups is 2. The van der Waals surface area contributed by atoms with Crippen LogP contribution >= 0.6 is 15.6 Å². The molecule has 0 rings (SSSR count). The molecule has 0 heterocycles. The molecule has 0 saturated carbocycles. The largest absolute Gasteiger partial charge is 0.472 e. The van der Waals surface area contributed by atoms with E-state index >= 15 is 0 Å². The Morgan fingerprint density at radius 2 is 0.505 bits per heavy atom. The van der Waals surface area contributed by atoms with Crippen molar-refractivity contribution in [2.24, 2.45) is 23.7 Å². The lowest BCUT2D eigenvalue weighted by atomic mass is 9.99. The minimum absolute atomic E-state index is 0.105. The van der Waals surface area contributed by atoms with Crippen molar-refractivity contribution in [2.45, 2.75) is 401 Å². The van der Waals surface area contributed by atoms with Crippen molar-refractivity contribution in [3.8, 4) is 0 Å². The Labute approximate surface area is 581 Å². The smallest absolute Gasteiger partial charge is 0.462 e. The molecular formula is C76H148O17P2. The van der Waals surface area contributed by atoms with E-state index in [1.165, 1.54) is 173 Å². The van der Waals surface area contributed by atoms with Gasteiger partial charge in [0.25, 0.3) is 0 Å². The second kappa shape index (κ2) is 65.4. The van der Waals surface area contributed by atoms with Gasteiger partial charge >= 0.3 is 39.5 Å². The van der Waals surface area contributed by atoms with E-state index < -0.39 is 97.5 Å². The molecule has 0 amide bonds. The number of hydrogen-bond acceptors (Lipinski definition) is 15. The SMILES string of the molecule is CCC(C)CCCCCCCCCCCCCCCCCCCCC(=O)O[C@H](COC(=O)CCCCCCCCC(C)C)COP(=O)(O)OC[C@H](O)COP(=O)(O)OC[C@@H](COC(=O)CCCCCCCCC(C)CC)OC(=O)CCCCCCCCCCCCCC(C)C. The van der Waals surface area contributed by atoms with Gasteiger partial charge in [0, 0.05) is 25.7 Å². The van der Waals surface area contributed by atoms with E-state index in [0.717, 1.165) is 120 Å². The van der Waals surface area contributed by atoms with Crippen molar-refractivity contribution in [2.75, 3.05) is 39.6 Å². The number of hydrogen-bond donors (Lipinski definition) is 3. The van der Waals surface area contributed by atoms with Gasteiger partial charge < -0.3 is 33.8 Å². The Kier molecular flexibility index (Phi) is 64.0. The van der Waals surface area contributed by atoms with E-state index in [2.05, 4.69) is 55.4 Å². The summed E-state index contributed by atoms with van der Waals surface area (Å²) in [6, 6.07) is 0. The van der Waals surface area contributed by atoms with E-state index in [1.54, 1.807) is 0 Å². The molecule has 0 aliphatic rings. The Bertz CT molecular complexity index is 1870. The number of carbonyl (C=O) groups excluding carboxylic acids is 4. The van der Waals surface area contributed by atoms with Crippen LogP contribution in [0.1, 0.15) is 383 Å². The molecule has 0 fully saturated rings. The molecule has 564 valence electrons. The molecule has 0 spiro atoms. The lowest BCUT2D eigenvalue weighted by Crippen LogP contribution is -2.30. The number of carbonyl (C=O) groups is 4. The fourth-order valence-electron chi connectivity index (χ4n) is 11.5. The van der Waals surface area contributed by atoms with Gasteiger partial charge in [-0.1, -0.05) is 331 Å². The molecule has 7 atom stereocenters. The molecule has 0 aliphatic heterocycles. The molecule has 95 heavy (non-hydrogen) atoms. The number of ether oxygens (including phenoxy) is 4. The maximum atomic E-state index is 13.1. The molecule has 4 unspecified atom stereocenters. The fourth-order valence-corrected chi connectivity index (χ4v) is 13.1. The van der Waals surface area contributed by atoms with Crippen molar-refractivity contribution in [1.82, 2.24) is 0 Å². The van der Waals surface area contributed by atoms with E-state index in [1.807, 2.05) is 0 Å². The molecule has 0 aromatic rings. The third kappa shape index (κ3) is 67.6. The summed E-state index contributed by atoms with van der Waals surface area (Å²) in [4.78, 5) is 72.7. The summed E-state index contributed by atoms with van der Waals surface area (Å²) in [5.41, 5.74) is 0. The average molecular weight is 1400 g/mol. The van der Waals surface area contributed by atoms with Gasteiger partial charge in [0.05, 0.1) is 26.4 Å². The van der Waals surface area contributed by atoms with E-state index in [-0.39, 0.29) is 25.7 Å². The monoisotopic (exact) mass is 1400 g/mol. The molecule has 0 bridgehead atoms. The summed E-state index contributed by atoms with van der Waals surface area (Å²) in [7, 11) is -9.91. The third-order valence-electron chi connectivity index (χ3n) is 18.3. The van der Waals surface area contributed by atoms with E-state index in [4.69, 9.17) is 37.0 Å². The molecule has 0 aliphatic carbocycles. The second-order valence-corrected chi connectivity index (χ2v) is 31.7. The number of unbranched alkanes of at least 4 members (excludes halogenated alkanes) is 37. The highest BCUT2D eigenvalue weighted by atomic mass is 31.2. The fraction of sp³-hybridized carbons (Fsp3) is 0.947. The lowest BCUT2D eigenvalue weighted by Gasteiger charge is -2.21. The summed E-state index contributed by atoms with van der Waals surface area (Å²) in [5.74, 6) is 0.921. The molecule has 0 radical (unpaired) electrons. The summed E-state index contributed by atoms with van der Waals surface area (Å²) >= 11 is 0. The Morgan fingerprint density at radius 1 is 0.295 bits per heavy atom. The first-order chi connectivity index (χ1) is 45.7. The second-order valence-electron chi connectivity index (χ2n) is 28.8. The average Bonchev–Trinajstić information content (AvgIpc) is 2.45. The quantitative estimate of drug-likeness (QED) is 0.0222. The molecule has 0 aromatic carbocycles. The van der Waals surface area contributed by atoms with Gasteiger partial charge in [-0.25, -0.2) is 9.13 Å². The first-order valence-electron chi connectivity index (χ1n) is 39.3. The maximum Gasteiger partial charge on any atom is 0.472 e. The summed E-state index contributed by atoms with van der Waals surface area (Å²) in [6.07, 6.45) is 50.2. The first kappa shape index (κ1) is 93.1. The van der Waals surface area contributed by atoms with E-state index in [0.29, 0.717) is 31.6 Å². The van der Waals surface area contributed by atoms with Crippen LogP contribution in [0.25, 0.3) is 0 Å². The number of aliphatic hydroxyl groups excluding tert-OH is 1. The van der Waals surface area contributed by atoms with Crippen molar-refractivity contribution in [3.05, 3.63) is 0 Å². The van der Waals surface area contributed by atoms with Crippen molar-refractivity contribution in [1.29, 1.82) is 0 Å². The van der Waals surface area contributed by atoms with Crippen LogP contribution in [0, 0.1) is 23.7 Å².